The number of carbonyl (C=O) groups excluding carboxylic acids is 1. The van der Waals surface area contributed by atoms with E-state index in [2.05, 4.69) is 0 Å². The van der Waals surface area contributed by atoms with Gasteiger partial charge in [-0.25, -0.2) is 4.79 Å². The molecule has 1 aliphatic heterocycles. The number of rotatable bonds is 3. The van der Waals surface area contributed by atoms with Gasteiger partial charge in [0.2, 0.25) is 0 Å². The van der Waals surface area contributed by atoms with E-state index in [-0.39, 0.29) is 17.0 Å². The van der Waals surface area contributed by atoms with E-state index < -0.39 is 17.3 Å². The summed E-state index contributed by atoms with van der Waals surface area (Å²) >= 11 is 7.33. The molecule has 134 valence electrons. The van der Waals surface area contributed by atoms with Gasteiger partial charge in [0.15, 0.2) is 0 Å². The molecule has 0 unspecified atom stereocenters. The van der Waals surface area contributed by atoms with Crippen LogP contribution in [0, 0.1) is 5.92 Å². The smallest absolute Gasteiger partial charge is 0.416 e. The molecule has 3 nitrogen and oxygen atoms in total. The molecule has 1 fully saturated rings. The minimum Gasteiger partial charge on any atom is -0.444 e. The quantitative estimate of drug-likeness (QED) is 0.664. The summed E-state index contributed by atoms with van der Waals surface area (Å²) in [5.74, 6) is 0.963. The van der Waals surface area contributed by atoms with Crippen molar-refractivity contribution in [2.75, 3.05) is 18.8 Å². The van der Waals surface area contributed by atoms with Gasteiger partial charge in [-0.15, -0.1) is 11.8 Å². The summed E-state index contributed by atoms with van der Waals surface area (Å²) in [5.41, 5.74) is -1.28. The summed E-state index contributed by atoms with van der Waals surface area (Å²) in [7, 11) is 0. The molecule has 1 amide bonds. The minimum absolute atomic E-state index is 0.0955. The largest absolute Gasteiger partial charge is 0.444 e. The molecule has 1 aliphatic rings. The van der Waals surface area contributed by atoms with Crippen molar-refractivity contribution in [3.05, 3.63) is 28.8 Å². The van der Waals surface area contributed by atoms with E-state index in [4.69, 9.17) is 16.3 Å². The first-order chi connectivity index (χ1) is 11.0. The molecule has 0 aliphatic carbocycles. The second kappa shape index (κ2) is 7.04. The van der Waals surface area contributed by atoms with Crippen LogP contribution in [0.5, 0.6) is 0 Å². The van der Waals surface area contributed by atoms with Crippen molar-refractivity contribution in [2.45, 2.75) is 37.4 Å². The highest BCUT2D eigenvalue weighted by atomic mass is 35.5. The van der Waals surface area contributed by atoms with E-state index in [0.29, 0.717) is 23.7 Å². The van der Waals surface area contributed by atoms with E-state index >= 15 is 0 Å². The molecule has 0 bridgehead atoms. The van der Waals surface area contributed by atoms with Gasteiger partial charge in [0.05, 0.1) is 10.6 Å². The van der Waals surface area contributed by atoms with Gasteiger partial charge in [-0.1, -0.05) is 11.6 Å². The molecule has 0 spiro atoms. The lowest BCUT2D eigenvalue weighted by Crippen LogP contribution is -2.52. The molecule has 8 heteroatoms. The molecule has 1 aromatic rings. The summed E-state index contributed by atoms with van der Waals surface area (Å²) in [6.07, 6.45) is -4.73. The van der Waals surface area contributed by atoms with Gasteiger partial charge >= 0.3 is 12.3 Å². The molecule has 0 saturated carbocycles. The lowest BCUT2D eigenvalue weighted by Gasteiger charge is -2.39. The Morgan fingerprint density at radius 1 is 1.33 bits per heavy atom. The monoisotopic (exact) mass is 381 g/mol. The Balaban J connectivity index is 1.81. The molecule has 0 atom stereocenters. The molecule has 24 heavy (non-hydrogen) atoms. The van der Waals surface area contributed by atoms with Crippen LogP contribution in [0.3, 0.4) is 0 Å². The lowest BCUT2D eigenvalue weighted by molar-refractivity contribution is -0.137. The Hall–Kier alpha value is -1.08. The fraction of sp³-hybridized carbons (Fsp3) is 0.562. The Labute approximate surface area is 148 Å². The Bertz CT molecular complexity index is 610. The third kappa shape index (κ3) is 5.21. The number of carbonyl (C=O) groups is 1. The van der Waals surface area contributed by atoms with E-state index in [1.807, 2.05) is 20.8 Å². The normalized spacial score (nSPS) is 16.0. The fourth-order valence-electron chi connectivity index (χ4n) is 2.15. The first-order valence-electron chi connectivity index (χ1n) is 7.43. The van der Waals surface area contributed by atoms with Gasteiger partial charge < -0.3 is 9.64 Å². The molecular weight excluding hydrogens is 363 g/mol. The SMILES string of the molecule is CC(C)(C)OC(=O)N1CC(CSc2ccc(C(F)(F)F)cc2Cl)C1. The first-order valence-corrected chi connectivity index (χ1v) is 8.79. The van der Waals surface area contributed by atoms with Gasteiger partial charge in [-0.05, 0) is 39.0 Å². The zero-order valence-electron chi connectivity index (χ0n) is 13.6. The number of benzene rings is 1. The number of hydrogen-bond donors (Lipinski definition) is 0. The molecule has 1 heterocycles. The topological polar surface area (TPSA) is 29.5 Å². The standard InChI is InChI=1S/C16H19ClF3NO2S/c1-15(2,3)23-14(22)21-7-10(8-21)9-24-13-5-4-11(6-12(13)17)16(18,19)20/h4-6,10H,7-9H2,1-3H3. The number of amides is 1. The van der Waals surface area contributed by atoms with Crippen LogP contribution < -0.4 is 0 Å². The van der Waals surface area contributed by atoms with Crippen LogP contribution >= 0.6 is 23.4 Å². The second-order valence-electron chi connectivity index (χ2n) is 6.71. The van der Waals surface area contributed by atoms with E-state index in [0.717, 1.165) is 12.1 Å². The Morgan fingerprint density at radius 3 is 2.46 bits per heavy atom. The van der Waals surface area contributed by atoms with Gasteiger partial charge in [0.1, 0.15) is 5.60 Å². The molecule has 1 aromatic carbocycles. The summed E-state index contributed by atoms with van der Waals surface area (Å²) in [6, 6.07) is 3.36. The zero-order valence-corrected chi connectivity index (χ0v) is 15.2. The van der Waals surface area contributed by atoms with Gasteiger partial charge in [-0.2, -0.15) is 13.2 Å². The third-order valence-electron chi connectivity index (χ3n) is 3.34. The molecule has 0 aromatic heterocycles. The van der Waals surface area contributed by atoms with Crippen molar-refractivity contribution in [1.82, 2.24) is 4.90 Å². The highest BCUT2D eigenvalue weighted by Gasteiger charge is 2.34. The Morgan fingerprint density at radius 2 is 1.96 bits per heavy atom. The molecule has 0 N–H and O–H groups in total. The zero-order chi connectivity index (χ0) is 18.1. The average Bonchev–Trinajstić information content (AvgIpc) is 2.35. The van der Waals surface area contributed by atoms with E-state index in [1.54, 1.807) is 4.90 Å². The van der Waals surface area contributed by atoms with Crippen molar-refractivity contribution < 1.29 is 22.7 Å². The van der Waals surface area contributed by atoms with Crippen molar-refractivity contribution in [1.29, 1.82) is 0 Å². The summed E-state index contributed by atoms with van der Waals surface area (Å²) in [6.45, 7) is 6.60. The first kappa shape index (κ1) is 19.2. The number of likely N-dealkylation sites (tertiary alicyclic amines) is 1. The number of nitrogens with zero attached hydrogens (tertiary/aromatic N) is 1. The Kier molecular flexibility index (Phi) is 5.64. The van der Waals surface area contributed by atoms with Gasteiger partial charge in [0, 0.05) is 29.7 Å². The maximum absolute atomic E-state index is 12.6. The van der Waals surface area contributed by atoms with Crippen molar-refractivity contribution >= 4 is 29.5 Å². The summed E-state index contributed by atoms with van der Waals surface area (Å²) in [4.78, 5) is 14.0. The highest BCUT2D eigenvalue weighted by molar-refractivity contribution is 7.99. The van der Waals surface area contributed by atoms with Crippen LogP contribution in [-0.4, -0.2) is 35.4 Å². The number of thioether (sulfide) groups is 1. The third-order valence-corrected chi connectivity index (χ3v) is 5.07. The minimum atomic E-state index is -4.39. The number of halogens is 4. The van der Waals surface area contributed by atoms with Crippen molar-refractivity contribution in [3.8, 4) is 0 Å². The second-order valence-corrected chi connectivity index (χ2v) is 8.17. The molecular formula is C16H19ClF3NO2S. The number of alkyl halides is 3. The number of ether oxygens (including phenoxy) is 1. The number of hydrogen-bond acceptors (Lipinski definition) is 3. The van der Waals surface area contributed by atoms with Crippen LogP contribution in [0.2, 0.25) is 5.02 Å². The van der Waals surface area contributed by atoms with Crippen LogP contribution in [0.15, 0.2) is 23.1 Å². The molecule has 1 saturated heterocycles. The predicted octanol–water partition coefficient (Wildman–Crippen LogP) is 5.32. The average molecular weight is 382 g/mol. The van der Waals surface area contributed by atoms with E-state index in [9.17, 15) is 18.0 Å². The lowest BCUT2D eigenvalue weighted by atomic mass is 10.0. The van der Waals surface area contributed by atoms with Gasteiger partial charge in [0.25, 0.3) is 0 Å². The molecule has 0 radical (unpaired) electrons. The van der Waals surface area contributed by atoms with Crippen LogP contribution in [0.25, 0.3) is 0 Å². The summed E-state index contributed by atoms with van der Waals surface area (Å²) in [5, 5.41) is 0.0955. The van der Waals surface area contributed by atoms with Crippen LogP contribution in [0.1, 0.15) is 26.3 Å². The van der Waals surface area contributed by atoms with Crippen LogP contribution in [0.4, 0.5) is 18.0 Å². The van der Waals surface area contributed by atoms with E-state index in [1.165, 1.54) is 17.8 Å². The van der Waals surface area contributed by atoms with Crippen molar-refractivity contribution in [3.63, 3.8) is 0 Å². The van der Waals surface area contributed by atoms with Crippen LogP contribution in [-0.2, 0) is 10.9 Å². The maximum atomic E-state index is 12.6. The molecule has 2 rings (SSSR count). The van der Waals surface area contributed by atoms with Gasteiger partial charge in [-0.3, -0.25) is 0 Å². The highest BCUT2D eigenvalue weighted by Crippen LogP contribution is 2.36. The predicted molar refractivity (Wildman–Crippen MR) is 88.5 cm³/mol. The maximum Gasteiger partial charge on any atom is 0.416 e. The fourth-order valence-corrected chi connectivity index (χ4v) is 3.48. The summed E-state index contributed by atoms with van der Waals surface area (Å²) < 4.78 is 43.1. The van der Waals surface area contributed by atoms with Crippen molar-refractivity contribution in [2.24, 2.45) is 5.92 Å².